The Morgan fingerprint density at radius 3 is 3.11 bits per heavy atom. The smallest absolute Gasteiger partial charge is 0.130 e. The molecule has 0 aliphatic carbocycles. The van der Waals surface area contributed by atoms with Crippen LogP contribution in [0.1, 0.15) is 13.3 Å². The van der Waals surface area contributed by atoms with Crippen molar-refractivity contribution >= 4 is 29.1 Å². The summed E-state index contributed by atoms with van der Waals surface area (Å²) < 4.78 is 2.96. The molecule has 3 heteroatoms. The van der Waals surface area contributed by atoms with Crippen molar-refractivity contribution in [2.75, 3.05) is 0 Å². The second kappa shape index (κ2) is 3.20. The van der Waals surface area contributed by atoms with Crippen LogP contribution in [0.3, 0.4) is 0 Å². The first-order valence-corrected chi connectivity index (χ1v) is 4.02. The highest BCUT2D eigenvalue weighted by Crippen LogP contribution is 2.09. The number of allylic oxidation sites excluding steroid dienone is 1. The van der Waals surface area contributed by atoms with Crippen molar-refractivity contribution in [3.05, 3.63) is 11.9 Å². The van der Waals surface area contributed by atoms with Crippen molar-refractivity contribution < 1.29 is 0 Å². The molecule has 2 nitrogen and oxygen atoms in total. The summed E-state index contributed by atoms with van der Waals surface area (Å²) in [5.41, 5.74) is 0. The first kappa shape index (κ1) is 7.05. The molecule has 1 aliphatic heterocycles. The summed E-state index contributed by atoms with van der Waals surface area (Å²) in [6, 6.07) is 0. The highest BCUT2D eigenvalue weighted by atomic mass is 127. The lowest BCUT2D eigenvalue weighted by molar-refractivity contribution is 0.780. The minimum Gasteiger partial charge on any atom is -0.313 e. The van der Waals surface area contributed by atoms with Crippen LogP contribution in [0.2, 0.25) is 0 Å². The normalized spacial score (nSPS) is 25.6. The van der Waals surface area contributed by atoms with Gasteiger partial charge in [-0.2, -0.15) is 0 Å². The molecule has 0 aromatic rings. The molecule has 0 unspecified atom stereocenters. The number of aliphatic imine (C=N–C) groups is 1. The molecule has 0 saturated carbocycles. The Bertz CT molecular complexity index is 151. The van der Waals surface area contributed by atoms with E-state index >= 15 is 0 Å². The molecule has 50 valence electrons. The van der Waals surface area contributed by atoms with Gasteiger partial charge in [-0.3, -0.25) is 0 Å². The Morgan fingerprint density at radius 1 is 1.89 bits per heavy atom. The lowest BCUT2D eigenvalue weighted by Crippen LogP contribution is -2.05. The van der Waals surface area contributed by atoms with Crippen molar-refractivity contribution in [2.45, 2.75) is 13.3 Å². The van der Waals surface area contributed by atoms with E-state index in [0.29, 0.717) is 5.92 Å². The van der Waals surface area contributed by atoms with E-state index in [1.54, 1.807) is 0 Å². The van der Waals surface area contributed by atoms with Crippen LogP contribution in [0.15, 0.2) is 16.9 Å². The van der Waals surface area contributed by atoms with Gasteiger partial charge in [-0.25, -0.2) is 4.99 Å². The third-order valence-electron chi connectivity index (χ3n) is 1.25. The van der Waals surface area contributed by atoms with E-state index in [0.717, 1.165) is 12.2 Å². The number of hydrogen-bond donors (Lipinski definition) is 1. The van der Waals surface area contributed by atoms with E-state index in [-0.39, 0.29) is 0 Å². The van der Waals surface area contributed by atoms with Gasteiger partial charge in [0, 0.05) is 6.21 Å². The van der Waals surface area contributed by atoms with Crippen LogP contribution in [0.5, 0.6) is 0 Å². The van der Waals surface area contributed by atoms with Gasteiger partial charge in [0.05, 0.1) is 22.9 Å². The molecule has 0 amide bonds. The summed E-state index contributed by atoms with van der Waals surface area (Å²) in [6.45, 7) is 2.16. The molecule has 0 fully saturated rings. The quantitative estimate of drug-likeness (QED) is 0.545. The van der Waals surface area contributed by atoms with E-state index < -0.39 is 0 Å². The van der Waals surface area contributed by atoms with Gasteiger partial charge < -0.3 is 3.53 Å². The van der Waals surface area contributed by atoms with Crippen molar-refractivity contribution in [3.63, 3.8) is 0 Å². The summed E-state index contributed by atoms with van der Waals surface area (Å²) >= 11 is 2.08. The van der Waals surface area contributed by atoms with Crippen LogP contribution in [0, 0.1) is 5.92 Å². The summed E-state index contributed by atoms with van der Waals surface area (Å²) in [4.78, 5) is 4.15. The summed E-state index contributed by atoms with van der Waals surface area (Å²) in [5, 5.41) is 0. The Labute approximate surface area is 68.9 Å². The highest BCUT2D eigenvalue weighted by molar-refractivity contribution is 14.1. The molecular weight excluding hydrogens is 227 g/mol. The third-order valence-corrected chi connectivity index (χ3v) is 1.80. The average molecular weight is 236 g/mol. The van der Waals surface area contributed by atoms with Gasteiger partial charge in [-0.05, 0) is 18.4 Å². The Hall–Kier alpha value is -0.0600. The molecule has 1 heterocycles. The fourth-order valence-electron chi connectivity index (χ4n) is 0.682. The monoisotopic (exact) mass is 236 g/mol. The summed E-state index contributed by atoms with van der Waals surface area (Å²) in [7, 11) is 0. The largest absolute Gasteiger partial charge is 0.313 e. The molecule has 0 radical (unpaired) electrons. The molecule has 9 heavy (non-hydrogen) atoms. The molecule has 1 N–H and O–H groups in total. The lowest BCUT2D eigenvalue weighted by atomic mass is 10.1. The number of rotatable bonds is 1. The standard InChI is InChI=1S/C6H9IN2/c1-5-2-3-6(9-7)8-4-5/h3-5,9H,2H2,1H3/t5-/m1/s1. The minimum atomic E-state index is 0.610. The van der Waals surface area contributed by atoms with Gasteiger partial charge in [-0.15, -0.1) is 0 Å². The fourth-order valence-corrected chi connectivity index (χ4v) is 1.04. The molecule has 0 aromatic heterocycles. The van der Waals surface area contributed by atoms with Crippen LogP contribution in [-0.4, -0.2) is 6.21 Å². The van der Waals surface area contributed by atoms with E-state index in [4.69, 9.17) is 0 Å². The molecule has 0 saturated heterocycles. The lowest BCUT2D eigenvalue weighted by Gasteiger charge is -2.08. The first-order chi connectivity index (χ1) is 4.33. The number of nitrogens with one attached hydrogen (secondary N) is 1. The zero-order valence-electron chi connectivity index (χ0n) is 5.26. The van der Waals surface area contributed by atoms with Gasteiger partial charge in [0.2, 0.25) is 0 Å². The highest BCUT2D eigenvalue weighted by Gasteiger charge is 2.01. The van der Waals surface area contributed by atoms with Gasteiger partial charge in [-0.1, -0.05) is 6.92 Å². The van der Waals surface area contributed by atoms with E-state index in [9.17, 15) is 0 Å². The first-order valence-electron chi connectivity index (χ1n) is 2.94. The third kappa shape index (κ3) is 1.97. The molecule has 1 atom stereocenters. The maximum absolute atomic E-state index is 4.15. The number of nitrogens with zero attached hydrogens (tertiary/aromatic N) is 1. The maximum atomic E-state index is 4.15. The predicted molar refractivity (Wildman–Crippen MR) is 47.5 cm³/mol. The molecule has 0 spiro atoms. The fraction of sp³-hybridized carbons (Fsp3) is 0.500. The van der Waals surface area contributed by atoms with Crippen LogP contribution >= 0.6 is 22.9 Å². The van der Waals surface area contributed by atoms with Crippen LogP contribution in [0.4, 0.5) is 0 Å². The predicted octanol–water partition coefficient (Wildman–Crippen LogP) is 1.88. The zero-order valence-corrected chi connectivity index (χ0v) is 7.42. The number of halogens is 1. The van der Waals surface area contributed by atoms with E-state index in [1.807, 2.05) is 6.21 Å². The summed E-state index contributed by atoms with van der Waals surface area (Å²) in [6.07, 6.45) is 5.19. The minimum absolute atomic E-state index is 0.610. The zero-order chi connectivity index (χ0) is 6.69. The van der Waals surface area contributed by atoms with Crippen molar-refractivity contribution in [3.8, 4) is 0 Å². The Morgan fingerprint density at radius 2 is 2.67 bits per heavy atom. The Balaban J connectivity index is 2.52. The molecule has 0 aromatic carbocycles. The molecular formula is C6H9IN2. The van der Waals surface area contributed by atoms with E-state index in [1.165, 1.54) is 0 Å². The van der Waals surface area contributed by atoms with Crippen LogP contribution in [0.25, 0.3) is 0 Å². The Kier molecular flexibility index (Phi) is 2.50. The SMILES string of the molecule is C[C@H]1C=NC(NI)=CC1. The second-order valence-corrected chi connectivity index (χ2v) is 2.71. The van der Waals surface area contributed by atoms with Gasteiger partial charge in [0.1, 0.15) is 5.82 Å². The summed E-state index contributed by atoms with van der Waals surface area (Å²) in [5.74, 6) is 1.59. The molecule has 0 bridgehead atoms. The number of hydrogen-bond acceptors (Lipinski definition) is 2. The van der Waals surface area contributed by atoms with E-state index in [2.05, 4.69) is 44.4 Å². The van der Waals surface area contributed by atoms with Crippen molar-refractivity contribution in [1.82, 2.24) is 3.53 Å². The van der Waals surface area contributed by atoms with Crippen LogP contribution in [-0.2, 0) is 0 Å². The average Bonchev–Trinajstić information content (AvgIpc) is 1.90. The van der Waals surface area contributed by atoms with Gasteiger partial charge in [0.15, 0.2) is 0 Å². The topological polar surface area (TPSA) is 24.4 Å². The van der Waals surface area contributed by atoms with Crippen molar-refractivity contribution in [2.24, 2.45) is 10.9 Å². The molecule has 1 rings (SSSR count). The van der Waals surface area contributed by atoms with Crippen LogP contribution < -0.4 is 3.53 Å². The second-order valence-electron chi connectivity index (χ2n) is 2.18. The van der Waals surface area contributed by atoms with Gasteiger partial charge in [0.25, 0.3) is 0 Å². The van der Waals surface area contributed by atoms with Crippen molar-refractivity contribution in [1.29, 1.82) is 0 Å². The molecule has 1 aliphatic rings. The van der Waals surface area contributed by atoms with Gasteiger partial charge >= 0.3 is 0 Å². The maximum Gasteiger partial charge on any atom is 0.130 e.